The molecule has 1 saturated heterocycles. The number of rotatable bonds is 6. The van der Waals surface area contributed by atoms with Gasteiger partial charge in [0.15, 0.2) is 0 Å². The van der Waals surface area contributed by atoms with Crippen molar-refractivity contribution < 1.29 is 15.3 Å². The van der Waals surface area contributed by atoms with Crippen LogP contribution < -0.4 is 16.0 Å². The van der Waals surface area contributed by atoms with Crippen LogP contribution in [0.4, 0.5) is 11.8 Å². The lowest BCUT2D eigenvalue weighted by atomic mass is 10.1. The number of benzene rings is 1. The molecule has 2 aromatic heterocycles. The van der Waals surface area contributed by atoms with Crippen molar-refractivity contribution in [1.29, 1.82) is 0 Å². The molecule has 5 unspecified atom stereocenters. The second-order valence-electron chi connectivity index (χ2n) is 8.54. The highest BCUT2D eigenvalue weighted by molar-refractivity contribution is 7.21. The van der Waals surface area contributed by atoms with E-state index in [-0.39, 0.29) is 18.6 Å². The van der Waals surface area contributed by atoms with Crippen LogP contribution in [0.15, 0.2) is 30.5 Å². The Labute approximate surface area is 190 Å². The van der Waals surface area contributed by atoms with E-state index in [9.17, 15) is 15.3 Å². The average molecular weight is 457 g/mol. The van der Waals surface area contributed by atoms with Crippen LogP contribution in [-0.4, -0.2) is 74.3 Å². The van der Waals surface area contributed by atoms with E-state index in [4.69, 9.17) is 9.97 Å². The van der Waals surface area contributed by atoms with E-state index in [0.29, 0.717) is 18.2 Å². The molecule has 9 nitrogen and oxygen atoms in total. The van der Waals surface area contributed by atoms with Crippen molar-refractivity contribution in [3.05, 3.63) is 30.5 Å². The Morgan fingerprint density at radius 3 is 2.75 bits per heavy atom. The molecular formula is C22H28N6O3S. The van der Waals surface area contributed by atoms with Gasteiger partial charge in [-0.25, -0.2) is 9.97 Å². The number of hydrogen-bond acceptors (Lipinski definition) is 10. The van der Waals surface area contributed by atoms with Gasteiger partial charge in [-0.1, -0.05) is 12.1 Å². The van der Waals surface area contributed by atoms with Crippen LogP contribution in [0.25, 0.3) is 20.8 Å². The van der Waals surface area contributed by atoms with Crippen LogP contribution in [0, 0.1) is 5.92 Å². The Kier molecular flexibility index (Phi) is 6.20. The molecular weight excluding hydrogens is 428 g/mol. The number of hydrogen-bond donors (Lipinski definition) is 6. The lowest BCUT2D eigenvalue weighted by Gasteiger charge is -2.24. The van der Waals surface area contributed by atoms with E-state index >= 15 is 0 Å². The number of piperidine rings is 1. The smallest absolute Gasteiger partial charge is 0.224 e. The Bertz CT molecular complexity index is 1040. The van der Waals surface area contributed by atoms with Gasteiger partial charge in [0.1, 0.15) is 16.9 Å². The molecule has 3 heterocycles. The molecule has 6 N–H and O–H groups in total. The zero-order chi connectivity index (χ0) is 22.1. The number of aliphatic hydroxyl groups is 3. The van der Waals surface area contributed by atoms with Gasteiger partial charge in [0.25, 0.3) is 0 Å². The molecule has 5 atom stereocenters. The van der Waals surface area contributed by atoms with Crippen LogP contribution >= 0.6 is 11.3 Å². The average Bonchev–Trinajstić information content (AvgIpc) is 3.36. The first-order chi connectivity index (χ1) is 15.6. The van der Waals surface area contributed by atoms with E-state index in [1.807, 2.05) is 24.3 Å². The van der Waals surface area contributed by atoms with Crippen molar-refractivity contribution in [2.75, 3.05) is 30.3 Å². The second-order valence-corrected chi connectivity index (χ2v) is 9.57. The van der Waals surface area contributed by atoms with E-state index in [1.54, 1.807) is 17.5 Å². The van der Waals surface area contributed by atoms with Crippen molar-refractivity contribution >= 4 is 33.3 Å². The lowest BCUT2D eigenvalue weighted by Crippen LogP contribution is -2.39. The summed E-state index contributed by atoms with van der Waals surface area (Å²) in [7, 11) is 0. The van der Waals surface area contributed by atoms with Gasteiger partial charge in [-0.05, 0) is 37.9 Å². The molecule has 170 valence electrons. The van der Waals surface area contributed by atoms with Crippen molar-refractivity contribution in [2.24, 2.45) is 5.92 Å². The number of anilines is 2. The number of nitrogens with one attached hydrogen (secondary N) is 3. The third-order valence-corrected chi connectivity index (χ3v) is 7.37. The molecule has 5 rings (SSSR count). The number of thiazole rings is 1. The van der Waals surface area contributed by atoms with E-state index < -0.39 is 18.2 Å². The first-order valence-corrected chi connectivity index (χ1v) is 11.9. The van der Waals surface area contributed by atoms with Gasteiger partial charge in [-0.2, -0.15) is 4.98 Å². The summed E-state index contributed by atoms with van der Waals surface area (Å²) in [5.41, 5.74) is 1.65. The molecule has 0 bridgehead atoms. The predicted octanol–water partition coefficient (Wildman–Crippen LogP) is 1.43. The van der Waals surface area contributed by atoms with Gasteiger partial charge < -0.3 is 31.3 Å². The molecule has 2 aliphatic rings. The third-order valence-electron chi connectivity index (χ3n) is 6.30. The summed E-state index contributed by atoms with van der Waals surface area (Å²) in [5, 5.41) is 41.2. The van der Waals surface area contributed by atoms with E-state index in [2.05, 4.69) is 20.9 Å². The second kappa shape index (κ2) is 9.24. The summed E-state index contributed by atoms with van der Waals surface area (Å²) < 4.78 is 1.07. The lowest BCUT2D eigenvalue weighted by molar-refractivity contribution is 0.00446. The third kappa shape index (κ3) is 4.28. The summed E-state index contributed by atoms with van der Waals surface area (Å²) in [6, 6.07) is 7.75. The molecule has 0 spiro atoms. The normalized spacial score (nSPS) is 28.2. The van der Waals surface area contributed by atoms with Crippen molar-refractivity contribution in [3.8, 4) is 10.6 Å². The molecule has 3 aromatic rings. The quantitative estimate of drug-likeness (QED) is 0.326. The van der Waals surface area contributed by atoms with Crippen LogP contribution in [-0.2, 0) is 0 Å². The van der Waals surface area contributed by atoms with Crippen molar-refractivity contribution in [1.82, 2.24) is 20.3 Å². The monoisotopic (exact) mass is 456 g/mol. The van der Waals surface area contributed by atoms with Crippen LogP contribution in [0.5, 0.6) is 0 Å². The summed E-state index contributed by atoms with van der Waals surface area (Å²) in [6.07, 6.45) is 2.37. The highest BCUT2D eigenvalue weighted by Crippen LogP contribution is 2.36. The number of fused-ring (bicyclic) bond motifs is 1. The molecule has 1 aliphatic carbocycles. The fourth-order valence-corrected chi connectivity index (χ4v) is 5.46. The van der Waals surface area contributed by atoms with E-state index in [0.717, 1.165) is 46.7 Å². The molecule has 1 aliphatic heterocycles. The summed E-state index contributed by atoms with van der Waals surface area (Å²) in [4.78, 5) is 14.0. The first-order valence-electron chi connectivity index (χ1n) is 11.1. The van der Waals surface area contributed by atoms with Gasteiger partial charge in [-0.15, -0.1) is 11.3 Å². The van der Waals surface area contributed by atoms with Crippen LogP contribution in [0.3, 0.4) is 0 Å². The largest absolute Gasteiger partial charge is 0.396 e. The number of aliphatic hydroxyl groups excluding tert-OH is 3. The predicted molar refractivity (Wildman–Crippen MR) is 125 cm³/mol. The van der Waals surface area contributed by atoms with Gasteiger partial charge >= 0.3 is 0 Å². The SMILES string of the molecule is OCC1CC(Nc2nc(NC3CCCNC3)ncc2-c2nc3ccccc3s2)C(O)C1O. The Balaban J connectivity index is 1.47. The minimum atomic E-state index is -0.996. The van der Waals surface area contributed by atoms with E-state index in [1.165, 1.54) is 0 Å². The molecule has 2 fully saturated rings. The number of nitrogens with zero attached hydrogens (tertiary/aromatic N) is 3. The Morgan fingerprint density at radius 2 is 2.00 bits per heavy atom. The van der Waals surface area contributed by atoms with Gasteiger partial charge in [-0.3, -0.25) is 0 Å². The maximum absolute atomic E-state index is 10.5. The standard InChI is InChI=1S/C22H28N6O3S/c29-11-12-8-16(19(31)18(12)30)26-20-14(21-27-15-5-1-2-6-17(15)32-21)10-24-22(28-20)25-13-4-3-7-23-9-13/h1-2,5-6,10,12-13,16,18-19,23,29-31H,3-4,7-9,11H2,(H2,24,25,26,28). The number of para-hydroxylation sites is 1. The molecule has 1 saturated carbocycles. The highest BCUT2D eigenvalue weighted by Gasteiger charge is 2.41. The molecule has 32 heavy (non-hydrogen) atoms. The summed E-state index contributed by atoms with van der Waals surface area (Å²) >= 11 is 1.56. The molecule has 0 radical (unpaired) electrons. The maximum atomic E-state index is 10.5. The Morgan fingerprint density at radius 1 is 1.12 bits per heavy atom. The first kappa shape index (κ1) is 21.5. The molecule has 10 heteroatoms. The highest BCUT2D eigenvalue weighted by atomic mass is 32.1. The van der Waals surface area contributed by atoms with Gasteiger partial charge in [0, 0.05) is 31.3 Å². The van der Waals surface area contributed by atoms with Gasteiger partial charge in [0.05, 0.1) is 27.9 Å². The van der Waals surface area contributed by atoms with Crippen LogP contribution in [0.1, 0.15) is 19.3 Å². The van der Waals surface area contributed by atoms with Crippen molar-refractivity contribution in [3.63, 3.8) is 0 Å². The Hall–Kier alpha value is -2.37. The molecule has 1 aromatic carbocycles. The topological polar surface area (TPSA) is 135 Å². The van der Waals surface area contributed by atoms with Crippen molar-refractivity contribution in [2.45, 2.75) is 43.6 Å². The summed E-state index contributed by atoms with van der Waals surface area (Å²) in [6.45, 7) is 1.71. The minimum Gasteiger partial charge on any atom is -0.396 e. The summed E-state index contributed by atoms with van der Waals surface area (Å²) in [5.74, 6) is 0.694. The van der Waals surface area contributed by atoms with Gasteiger partial charge in [0.2, 0.25) is 5.95 Å². The zero-order valence-corrected chi connectivity index (χ0v) is 18.4. The fourth-order valence-electron chi connectivity index (χ4n) is 4.49. The maximum Gasteiger partial charge on any atom is 0.224 e. The molecule has 0 amide bonds. The zero-order valence-electron chi connectivity index (χ0n) is 17.6. The fraction of sp³-hybridized carbons (Fsp3) is 0.500. The minimum absolute atomic E-state index is 0.174. The number of aromatic nitrogens is 3. The van der Waals surface area contributed by atoms with Crippen LogP contribution in [0.2, 0.25) is 0 Å².